The predicted molar refractivity (Wildman–Crippen MR) is 140 cm³/mol. The molecule has 9 heteroatoms. The van der Waals surface area contributed by atoms with E-state index in [0.29, 0.717) is 35.0 Å². The van der Waals surface area contributed by atoms with Crippen molar-refractivity contribution >= 4 is 43.5 Å². The molecule has 1 aromatic heterocycles. The smallest absolute Gasteiger partial charge is 0.240 e. The van der Waals surface area contributed by atoms with Crippen molar-refractivity contribution in [3.8, 4) is 0 Å². The molecular formula is C26H30N6O2S. The fraction of sp³-hybridized carbons (Fsp3) is 0.308. The Labute approximate surface area is 205 Å². The average Bonchev–Trinajstić information content (AvgIpc) is 2.90. The van der Waals surface area contributed by atoms with Crippen molar-refractivity contribution in [2.75, 3.05) is 23.8 Å². The van der Waals surface area contributed by atoms with E-state index >= 15 is 0 Å². The summed E-state index contributed by atoms with van der Waals surface area (Å²) in [4.78, 5) is 9.40. The molecule has 4 aromatic rings. The molecule has 5 rings (SSSR count). The van der Waals surface area contributed by atoms with Crippen LogP contribution in [0, 0.1) is 11.8 Å². The molecule has 0 atom stereocenters. The molecule has 1 aliphatic rings. The third kappa shape index (κ3) is 5.37. The van der Waals surface area contributed by atoms with Crippen LogP contribution in [-0.2, 0) is 10.0 Å². The van der Waals surface area contributed by atoms with Gasteiger partial charge in [0.05, 0.1) is 10.4 Å². The van der Waals surface area contributed by atoms with Crippen molar-refractivity contribution in [1.82, 2.24) is 14.7 Å². The van der Waals surface area contributed by atoms with E-state index in [4.69, 9.17) is 5.84 Å². The van der Waals surface area contributed by atoms with Gasteiger partial charge in [-0.2, -0.15) is 4.98 Å². The molecule has 182 valence electrons. The molecule has 3 aromatic carbocycles. The Morgan fingerprint density at radius 3 is 2.29 bits per heavy atom. The number of anilines is 2. The summed E-state index contributed by atoms with van der Waals surface area (Å²) in [5.41, 5.74) is 3.49. The Balaban J connectivity index is 1.13. The first-order valence-electron chi connectivity index (χ1n) is 12.0. The molecule has 1 heterocycles. The number of nitrogens with zero attached hydrogens (tertiary/aromatic N) is 2. The molecule has 0 aliphatic heterocycles. The Morgan fingerprint density at radius 2 is 1.51 bits per heavy atom. The third-order valence-electron chi connectivity index (χ3n) is 6.85. The fourth-order valence-electron chi connectivity index (χ4n) is 4.79. The molecule has 8 nitrogen and oxygen atoms in total. The van der Waals surface area contributed by atoms with Crippen molar-refractivity contribution in [3.05, 3.63) is 66.7 Å². The first-order valence-corrected chi connectivity index (χ1v) is 13.5. The number of nitrogens with one attached hydrogen (secondary N) is 3. The van der Waals surface area contributed by atoms with Crippen LogP contribution in [-0.4, -0.2) is 31.5 Å². The number of sulfonamides is 1. The van der Waals surface area contributed by atoms with Crippen LogP contribution in [0.1, 0.15) is 25.7 Å². The molecule has 35 heavy (non-hydrogen) atoms. The number of aromatic nitrogens is 2. The minimum atomic E-state index is -3.53. The largest absolute Gasteiger partial charge is 0.354 e. The third-order valence-corrected chi connectivity index (χ3v) is 8.27. The number of hydrogen-bond acceptors (Lipinski definition) is 7. The second-order valence-corrected chi connectivity index (χ2v) is 11.0. The minimum absolute atomic E-state index is 0.316. The summed E-state index contributed by atoms with van der Waals surface area (Å²) in [7, 11) is -3.53. The Morgan fingerprint density at radius 1 is 0.829 bits per heavy atom. The molecule has 1 aliphatic carbocycles. The number of para-hydroxylation sites is 1. The van der Waals surface area contributed by atoms with Crippen molar-refractivity contribution in [2.45, 2.75) is 30.6 Å². The van der Waals surface area contributed by atoms with E-state index in [1.807, 2.05) is 54.6 Å². The van der Waals surface area contributed by atoms with E-state index in [2.05, 4.69) is 25.4 Å². The topological polar surface area (TPSA) is 122 Å². The second kappa shape index (κ2) is 10.2. The van der Waals surface area contributed by atoms with Crippen LogP contribution in [0.3, 0.4) is 0 Å². The van der Waals surface area contributed by atoms with E-state index in [1.165, 1.54) is 0 Å². The Bertz CT molecular complexity index is 1430. The van der Waals surface area contributed by atoms with Gasteiger partial charge in [0.15, 0.2) is 5.82 Å². The van der Waals surface area contributed by atoms with Crippen molar-refractivity contribution in [1.29, 1.82) is 0 Å². The van der Waals surface area contributed by atoms with Gasteiger partial charge in [-0.25, -0.2) is 24.0 Å². The van der Waals surface area contributed by atoms with E-state index < -0.39 is 10.0 Å². The quantitative estimate of drug-likeness (QED) is 0.215. The molecule has 0 spiro atoms. The SMILES string of the molecule is NNc1nc(NCC2CCC(CNS(=O)(=O)c3ccc4ccccc4c3)CC2)nc2ccccc12. The highest BCUT2D eigenvalue weighted by Crippen LogP contribution is 2.29. The molecule has 0 radical (unpaired) electrons. The summed E-state index contributed by atoms with van der Waals surface area (Å²) in [5, 5.41) is 6.20. The van der Waals surface area contributed by atoms with Crippen molar-refractivity contribution < 1.29 is 8.42 Å². The maximum atomic E-state index is 12.8. The van der Waals surface area contributed by atoms with E-state index in [-0.39, 0.29) is 0 Å². The average molecular weight is 491 g/mol. The van der Waals surface area contributed by atoms with Gasteiger partial charge in [-0.1, -0.05) is 42.5 Å². The first-order chi connectivity index (χ1) is 17.0. The van der Waals surface area contributed by atoms with Crippen molar-refractivity contribution in [3.63, 3.8) is 0 Å². The van der Waals surface area contributed by atoms with E-state index in [0.717, 1.165) is 53.9 Å². The summed E-state index contributed by atoms with van der Waals surface area (Å²) >= 11 is 0. The highest BCUT2D eigenvalue weighted by molar-refractivity contribution is 7.89. The van der Waals surface area contributed by atoms with E-state index in [1.54, 1.807) is 12.1 Å². The highest BCUT2D eigenvalue weighted by atomic mass is 32.2. The summed E-state index contributed by atoms with van der Waals surface area (Å²) in [5.74, 6) is 7.63. The van der Waals surface area contributed by atoms with Crippen LogP contribution in [0.15, 0.2) is 71.6 Å². The van der Waals surface area contributed by atoms with Crippen LogP contribution < -0.4 is 21.3 Å². The monoisotopic (exact) mass is 490 g/mol. The van der Waals surface area contributed by atoms with Gasteiger partial charge in [0.2, 0.25) is 16.0 Å². The predicted octanol–water partition coefficient (Wildman–Crippen LogP) is 4.27. The summed E-state index contributed by atoms with van der Waals surface area (Å²) < 4.78 is 28.5. The van der Waals surface area contributed by atoms with Gasteiger partial charge in [0, 0.05) is 18.5 Å². The van der Waals surface area contributed by atoms with Gasteiger partial charge < -0.3 is 10.7 Å². The zero-order valence-electron chi connectivity index (χ0n) is 19.4. The van der Waals surface area contributed by atoms with Gasteiger partial charge in [-0.3, -0.25) is 0 Å². The van der Waals surface area contributed by atoms with Crippen LogP contribution in [0.5, 0.6) is 0 Å². The van der Waals surface area contributed by atoms with Crippen LogP contribution in [0.25, 0.3) is 21.7 Å². The lowest BCUT2D eigenvalue weighted by Crippen LogP contribution is -2.32. The maximum absolute atomic E-state index is 12.8. The second-order valence-electron chi connectivity index (χ2n) is 9.19. The van der Waals surface area contributed by atoms with Gasteiger partial charge in [0.1, 0.15) is 0 Å². The van der Waals surface area contributed by atoms with Crippen LogP contribution >= 0.6 is 0 Å². The molecule has 0 bridgehead atoms. The van der Waals surface area contributed by atoms with E-state index in [9.17, 15) is 8.42 Å². The van der Waals surface area contributed by atoms with Gasteiger partial charge in [-0.05, 0) is 72.6 Å². The number of benzene rings is 3. The number of rotatable bonds is 8. The molecular weight excluding hydrogens is 460 g/mol. The number of hydrogen-bond donors (Lipinski definition) is 4. The summed E-state index contributed by atoms with van der Waals surface area (Å²) in [6.45, 7) is 1.24. The first kappa shape index (κ1) is 23.5. The Hall–Kier alpha value is -3.27. The molecule has 1 saturated carbocycles. The number of nitrogens with two attached hydrogens (primary N) is 1. The maximum Gasteiger partial charge on any atom is 0.240 e. The fourth-order valence-corrected chi connectivity index (χ4v) is 5.94. The molecule has 0 saturated heterocycles. The minimum Gasteiger partial charge on any atom is -0.354 e. The standard InChI is InChI=1S/C26H30N6O2S/c27-32-25-23-7-3-4-8-24(23)30-26(31-25)28-16-18-9-11-19(12-10-18)17-29-35(33,34)22-14-13-20-5-1-2-6-21(20)15-22/h1-8,13-15,18-19,29H,9-12,16-17,27H2,(H2,28,30,31,32). The molecule has 1 fully saturated rings. The Kier molecular flexibility index (Phi) is 6.81. The lowest BCUT2D eigenvalue weighted by molar-refractivity contribution is 0.284. The normalized spacial score (nSPS) is 18.5. The van der Waals surface area contributed by atoms with Gasteiger partial charge in [0.25, 0.3) is 0 Å². The van der Waals surface area contributed by atoms with Gasteiger partial charge >= 0.3 is 0 Å². The highest BCUT2D eigenvalue weighted by Gasteiger charge is 2.23. The lowest BCUT2D eigenvalue weighted by atomic mass is 9.82. The number of hydrazine groups is 1. The molecule has 0 amide bonds. The lowest BCUT2D eigenvalue weighted by Gasteiger charge is -2.28. The van der Waals surface area contributed by atoms with Crippen molar-refractivity contribution in [2.24, 2.45) is 17.7 Å². The number of nitrogen functional groups attached to an aromatic ring is 1. The summed E-state index contributed by atoms with van der Waals surface area (Å²) in [6.07, 6.45) is 4.04. The molecule has 5 N–H and O–H groups in total. The molecule has 0 unspecified atom stereocenters. The van der Waals surface area contributed by atoms with Gasteiger partial charge in [-0.15, -0.1) is 0 Å². The van der Waals surface area contributed by atoms with Crippen LogP contribution in [0.2, 0.25) is 0 Å². The van der Waals surface area contributed by atoms with Crippen LogP contribution in [0.4, 0.5) is 11.8 Å². The zero-order valence-corrected chi connectivity index (χ0v) is 20.3. The number of fused-ring (bicyclic) bond motifs is 2. The zero-order chi connectivity index (χ0) is 24.3. The summed E-state index contributed by atoms with van der Waals surface area (Å²) in [6, 6.07) is 20.8.